The molecule has 1 aromatic heterocycles. The second-order valence-corrected chi connectivity index (χ2v) is 7.71. The van der Waals surface area contributed by atoms with E-state index in [1.807, 2.05) is 44.2 Å². The summed E-state index contributed by atoms with van der Waals surface area (Å²) in [5.74, 6) is -0.459. The lowest BCUT2D eigenvalue weighted by Crippen LogP contribution is -2.13. The Morgan fingerprint density at radius 1 is 1.03 bits per heavy atom. The molecule has 3 aromatic carbocycles. The molecule has 0 bridgehead atoms. The molecular weight excluding hydrogens is 450 g/mol. The Hall–Kier alpha value is -3.59. The van der Waals surface area contributed by atoms with E-state index in [-0.39, 0.29) is 11.3 Å². The van der Waals surface area contributed by atoms with Gasteiger partial charge in [0.25, 0.3) is 11.6 Å². The van der Waals surface area contributed by atoms with Gasteiger partial charge in [-0.3, -0.25) is 14.9 Å². The number of carbonyl (C=O) groups excluding carboxylic acids is 1. The van der Waals surface area contributed by atoms with Crippen LogP contribution in [-0.2, 0) is 0 Å². The maximum absolute atomic E-state index is 12.8. The van der Waals surface area contributed by atoms with Crippen LogP contribution in [0.25, 0.3) is 16.7 Å². The number of aryl methyl sites for hydroxylation is 2. The Balaban J connectivity index is 1.67. The third-order valence-corrected chi connectivity index (χ3v) is 5.34. The molecule has 1 amide bonds. The van der Waals surface area contributed by atoms with Gasteiger partial charge in [0.2, 0.25) is 0 Å². The maximum Gasteiger partial charge on any atom is 0.270 e. The van der Waals surface area contributed by atoms with Gasteiger partial charge in [-0.1, -0.05) is 17.7 Å². The number of hydrogen-bond acceptors (Lipinski definition) is 5. The van der Waals surface area contributed by atoms with Crippen molar-refractivity contribution in [1.29, 1.82) is 0 Å². The second kappa shape index (κ2) is 7.68. The van der Waals surface area contributed by atoms with Crippen molar-refractivity contribution in [3.05, 3.63) is 85.9 Å². The highest BCUT2D eigenvalue weighted by atomic mass is 79.9. The number of nitro benzene ring substituents is 1. The molecule has 0 aliphatic carbocycles. The first-order chi connectivity index (χ1) is 14.3. The average molecular weight is 466 g/mol. The number of halogens is 1. The Morgan fingerprint density at radius 2 is 1.70 bits per heavy atom. The zero-order chi connectivity index (χ0) is 21.4. The molecule has 8 nitrogen and oxygen atoms in total. The number of hydrogen-bond donors (Lipinski definition) is 1. The van der Waals surface area contributed by atoms with Gasteiger partial charge in [0.1, 0.15) is 11.0 Å². The molecule has 0 spiro atoms. The number of benzene rings is 3. The average Bonchev–Trinajstić information content (AvgIpc) is 3.11. The monoisotopic (exact) mass is 465 g/mol. The van der Waals surface area contributed by atoms with Gasteiger partial charge in [-0.15, -0.1) is 10.2 Å². The molecule has 4 rings (SSSR count). The number of aromatic nitrogens is 3. The molecule has 0 fully saturated rings. The molecule has 30 heavy (non-hydrogen) atoms. The maximum atomic E-state index is 12.8. The third kappa shape index (κ3) is 3.79. The van der Waals surface area contributed by atoms with E-state index in [1.165, 1.54) is 18.2 Å². The minimum atomic E-state index is -0.538. The van der Waals surface area contributed by atoms with E-state index < -0.39 is 10.8 Å². The second-order valence-electron chi connectivity index (χ2n) is 6.86. The quantitative estimate of drug-likeness (QED) is 0.338. The van der Waals surface area contributed by atoms with Gasteiger partial charge >= 0.3 is 0 Å². The first-order valence-electron chi connectivity index (χ1n) is 9.02. The summed E-state index contributed by atoms with van der Waals surface area (Å²) in [6.07, 6.45) is 0. The molecule has 0 aliphatic heterocycles. The van der Waals surface area contributed by atoms with Crippen LogP contribution in [0.4, 0.5) is 11.4 Å². The summed E-state index contributed by atoms with van der Waals surface area (Å²) in [6.45, 7) is 3.86. The number of nitrogens with one attached hydrogen (secondary N) is 1. The normalized spacial score (nSPS) is 10.9. The Morgan fingerprint density at radius 3 is 2.37 bits per heavy atom. The molecule has 0 radical (unpaired) electrons. The number of non-ortho nitro benzene ring substituents is 1. The zero-order valence-corrected chi connectivity index (χ0v) is 17.7. The van der Waals surface area contributed by atoms with Crippen LogP contribution in [0.2, 0.25) is 0 Å². The van der Waals surface area contributed by atoms with E-state index in [0.29, 0.717) is 21.2 Å². The number of anilines is 1. The van der Waals surface area contributed by atoms with Crippen LogP contribution in [0.3, 0.4) is 0 Å². The molecule has 150 valence electrons. The van der Waals surface area contributed by atoms with Crippen LogP contribution in [0.15, 0.2) is 59.1 Å². The van der Waals surface area contributed by atoms with Crippen molar-refractivity contribution in [2.24, 2.45) is 0 Å². The molecule has 0 saturated heterocycles. The molecule has 0 unspecified atom stereocenters. The van der Waals surface area contributed by atoms with Crippen molar-refractivity contribution in [1.82, 2.24) is 15.0 Å². The smallest absolute Gasteiger partial charge is 0.270 e. The number of nitrogens with zero attached hydrogens (tertiary/aromatic N) is 4. The van der Waals surface area contributed by atoms with Crippen LogP contribution >= 0.6 is 15.9 Å². The van der Waals surface area contributed by atoms with Gasteiger partial charge in [-0.25, -0.2) is 0 Å². The highest BCUT2D eigenvalue weighted by Crippen LogP contribution is 2.26. The van der Waals surface area contributed by atoms with Gasteiger partial charge in [0, 0.05) is 22.3 Å². The Kier molecular flexibility index (Phi) is 5.04. The topological polar surface area (TPSA) is 103 Å². The summed E-state index contributed by atoms with van der Waals surface area (Å²) in [4.78, 5) is 24.8. The summed E-state index contributed by atoms with van der Waals surface area (Å²) in [7, 11) is 0. The van der Waals surface area contributed by atoms with E-state index in [9.17, 15) is 14.9 Å². The van der Waals surface area contributed by atoms with Crippen molar-refractivity contribution < 1.29 is 9.72 Å². The molecule has 4 aromatic rings. The fraction of sp³-hybridized carbons (Fsp3) is 0.0952. The van der Waals surface area contributed by atoms with Crippen molar-refractivity contribution in [2.75, 3.05) is 5.32 Å². The van der Waals surface area contributed by atoms with Crippen LogP contribution in [0.5, 0.6) is 0 Å². The predicted molar refractivity (Wildman–Crippen MR) is 117 cm³/mol. The zero-order valence-electron chi connectivity index (χ0n) is 16.1. The molecule has 9 heteroatoms. The fourth-order valence-corrected chi connectivity index (χ4v) is 3.41. The van der Waals surface area contributed by atoms with E-state index in [2.05, 4.69) is 31.4 Å². The molecule has 0 saturated carbocycles. The first-order valence-corrected chi connectivity index (χ1v) is 9.81. The highest BCUT2D eigenvalue weighted by Gasteiger charge is 2.17. The van der Waals surface area contributed by atoms with E-state index in [4.69, 9.17) is 0 Å². The summed E-state index contributed by atoms with van der Waals surface area (Å²) in [5.41, 5.74) is 4.67. The molecule has 1 N–H and O–H groups in total. The minimum Gasteiger partial charge on any atom is -0.322 e. The van der Waals surface area contributed by atoms with Crippen molar-refractivity contribution >= 4 is 44.2 Å². The van der Waals surface area contributed by atoms with Gasteiger partial charge in [0.15, 0.2) is 0 Å². The van der Waals surface area contributed by atoms with Crippen LogP contribution < -0.4 is 5.32 Å². The number of rotatable bonds is 4. The Labute approximate surface area is 179 Å². The SMILES string of the molecule is Cc1ccc(-n2nc3cc(C)c(NC(=O)c4cc([N+](=O)[O-])ccc4Br)cc3n2)cc1. The molecule has 1 heterocycles. The van der Waals surface area contributed by atoms with E-state index >= 15 is 0 Å². The molecule has 0 aliphatic rings. The standard InChI is InChI=1S/C21H16BrN5O3/c1-12-3-5-14(6-4-12)26-24-19-9-13(2)18(11-20(19)25-26)23-21(28)16-10-15(27(29)30)7-8-17(16)22/h3-11H,1-2H3,(H,23,28). The summed E-state index contributed by atoms with van der Waals surface area (Å²) >= 11 is 3.28. The lowest BCUT2D eigenvalue weighted by atomic mass is 10.1. The first kappa shape index (κ1) is 19.7. The van der Waals surface area contributed by atoms with E-state index in [1.54, 1.807) is 10.9 Å². The van der Waals surface area contributed by atoms with E-state index in [0.717, 1.165) is 16.8 Å². The van der Waals surface area contributed by atoms with Crippen LogP contribution in [0, 0.1) is 24.0 Å². The largest absolute Gasteiger partial charge is 0.322 e. The van der Waals surface area contributed by atoms with Crippen molar-refractivity contribution in [3.63, 3.8) is 0 Å². The van der Waals surface area contributed by atoms with Gasteiger partial charge in [-0.05, 0) is 65.7 Å². The van der Waals surface area contributed by atoms with Gasteiger partial charge < -0.3 is 5.32 Å². The highest BCUT2D eigenvalue weighted by molar-refractivity contribution is 9.10. The fourth-order valence-electron chi connectivity index (χ4n) is 2.99. The number of fused-ring (bicyclic) bond motifs is 1. The summed E-state index contributed by atoms with van der Waals surface area (Å²) < 4.78 is 0.467. The summed E-state index contributed by atoms with van der Waals surface area (Å²) in [6, 6.07) is 15.5. The minimum absolute atomic E-state index is 0.156. The van der Waals surface area contributed by atoms with Crippen molar-refractivity contribution in [3.8, 4) is 5.69 Å². The lowest BCUT2D eigenvalue weighted by Gasteiger charge is -2.09. The number of nitro groups is 1. The number of amides is 1. The third-order valence-electron chi connectivity index (χ3n) is 4.64. The van der Waals surface area contributed by atoms with Crippen molar-refractivity contribution in [2.45, 2.75) is 13.8 Å². The van der Waals surface area contributed by atoms with Crippen LogP contribution in [0.1, 0.15) is 21.5 Å². The Bertz CT molecular complexity index is 1300. The van der Waals surface area contributed by atoms with Crippen LogP contribution in [-0.4, -0.2) is 25.8 Å². The summed E-state index contributed by atoms with van der Waals surface area (Å²) in [5, 5.41) is 22.9. The van der Waals surface area contributed by atoms with Gasteiger partial charge in [0.05, 0.1) is 16.2 Å². The predicted octanol–water partition coefficient (Wildman–Crippen LogP) is 4.96. The lowest BCUT2D eigenvalue weighted by molar-refractivity contribution is -0.384. The molecular formula is C21H16BrN5O3. The van der Waals surface area contributed by atoms with Gasteiger partial charge in [-0.2, -0.15) is 4.80 Å². The molecule has 0 atom stereocenters. The number of carbonyl (C=O) groups is 1.